The topological polar surface area (TPSA) is 54.9 Å². The molecule has 1 amide bonds. The summed E-state index contributed by atoms with van der Waals surface area (Å²) in [6.07, 6.45) is 0.206. The number of hydrogen-bond acceptors (Lipinski definition) is 3. The summed E-state index contributed by atoms with van der Waals surface area (Å²) in [5.74, 6) is -1.26. The van der Waals surface area contributed by atoms with E-state index >= 15 is 0 Å². The van der Waals surface area contributed by atoms with Crippen LogP contribution in [0.3, 0.4) is 0 Å². The molecule has 0 bridgehead atoms. The van der Waals surface area contributed by atoms with E-state index in [1.807, 2.05) is 12.1 Å². The van der Waals surface area contributed by atoms with Crippen LogP contribution in [0.2, 0.25) is 0 Å². The average molecular weight is 462 g/mol. The Morgan fingerprint density at radius 3 is 2.62 bits per heavy atom. The molecule has 1 N–H and O–H groups in total. The number of amides is 1. The van der Waals surface area contributed by atoms with E-state index in [9.17, 15) is 22.4 Å². The minimum atomic E-state index is -4.59. The molecule has 0 atom stereocenters. The molecule has 0 fully saturated rings. The second-order valence-corrected chi connectivity index (χ2v) is 7.90. The third-order valence-electron chi connectivity index (χ3n) is 5.07. The maximum absolute atomic E-state index is 14.6. The summed E-state index contributed by atoms with van der Waals surface area (Å²) in [6.45, 7) is 1.23. The second kappa shape index (κ2) is 8.35. The molecular weight excluding hydrogens is 446 g/mol. The molecule has 1 aliphatic rings. The van der Waals surface area contributed by atoms with Gasteiger partial charge >= 0.3 is 6.18 Å². The van der Waals surface area contributed by atoms with Gasteiger partial charge in [-0.25, -0.2) is 4.39 Å². The van der Waals surface area contributed by atoms with Crippen LogP contribution >= 0.6 is 11.6 Å². The Balaban J connectivity index is 1.49. The van der Waals surface area contributed by atoms with Gasteiger partial charge in [0.15, 0.2) is 0 Å². The van der Waals surface area contributed by atoms with Crippen LogP contribution < -0.4 is 5.32 Å². The predicted molar refractivity (Wildman–Crippen MR) is 113 cm³/mol. The van der Waals surface area contributed by atoms with Gasteiger partial charge in [-0.15, -0.1) is 0 Å². The van der Waals surface area contributed by atoms with Crippen molar-refractivity contribution in [3.05, 3.63) is 81.7 Å². The molecule has 4 rings (SSSR count). The number of anilines is 1. The summed E-state index contributed by atoms with van der Waals surface area (Å²) in [6, 6.07) is 7.09. The SMILES string of the molecule is Cc1ncc(NC(=O)Cc2ccc(-c3cnc4c(c3)C=C(Cl)C4)cc2F)cc1C(F)(F)F. The number of halogens is 5. The fourth-order valence-electron chi connectivity index (χ4n) is 3.46. The molecule has 2 aromatic heterocycles. The number of benzene rings is 1. The number of carbonyl (C=O) groups is 1. The van der Waals surface area contributed by atoms with Crippen molar-refractivity contribution in [3.63, 3.8) is 0 Å². The largest absolute Gasteiger partial charge is 0.418 e. The Morgan fingerprint density at radius 1 is 1.12 bits per heavy atom. The highest BCUT2D eigenvalue weighted by atomic mass is 35.5. The van der Waals surface area contributed by atoms with Gasteiger partial charge in [0.25, 0.3) is 0 Å². The number of aryl methyl sites for hydroxylation is 1. The number of carbonyl (C=O) groups excluding carboxylic acids is 1. The number of hydrogen-bond donors (Lipinski definition) is 1. The number of rotatable bonds is 4. The average Bonchev–Trinajstić information content (AvgIpc) is 3.09. The zero-order valence-electron chi connectivity index (χ0n) is 16.7. The maximum Gasteiger partial charge on any atom is 0.418 e. The van der Waals surface area contributed by atoms with Crippen molar-refractivity contribution in [3.8, 4) is 11.1 Å². The minimum absolute atomic E-state index is 0.110. The first-order valence-electron chi connectivity index (χ1n) is 9.57. The molecular formula is C23H16ClF4N3O. The highest BCUT2D eigenvalue weighted by molar-refractivity contribution is 6.32. The number of pyridine rings is 2. The van der Waals surface area contributed by atoms with E-state index in [4.69, 9.17) is 11.6 Å². The van der Waals surface area contributed by atoms with Gasteiger partial charge < -0.3 is 5.32 Å². The molecule has 9 heteroatoms. The van der Waals surface area contributed by atoms with Crippen molar-refractivity contribution in [2.75, 3.05) is 5.32 Å². The number of nitrogens with zero attached hydrogens (tertiary/aromatic N) is 2. The second-order valence-electron chi connectivity index (χ2n) is 7.41. The number of allylic oxidation sites excluding steroid dienone is 1. The van der Waals surface area contributed by atoms with Crippen LogP contribution in [-0.2, 0) is 23.8 Å². The molecule has 32 heavy (non-hydrogen) atoms. The first-order chi connectivity index (χ1) is 15.1. The van der Waals surface area contributed by atoms with Gasteiger partial charge in [-0.05, 0) is 47.9 Å². The zero-order chi connectivity index (χ0) is 23.0. The first-order valence-corrected chi connectivity index (χ1v) is 9.95. The quantitative estimate of drug-likeness (QED) is 0.490. The van der Waals surface area contributed by atoms with E-state index in [0.29, 0.717) is 22.6 Å². The molecule has 4 nitrogen and oxygen atoms in total. The van der Waals surface area contributed by atoms with Gasteiger partial charge in [0.05, 0.1) is 29.6 Å². The lowest BCUT2D eigenvalue weighted by atomic mass is 10.0. The van der Waals surface area contributed by atoms with Crippen molar-refractivity contribution < 1.29 is 22.4 Å². The Bertz CT molecular complexity index is 1250. The van der Waals surface area contributed by atoms with E-state index in [2.05, 4.69) is 15.3 Å². The van der Waals surface area contributed by atoms with Crippen LogP contribution in [0.25, 0.3) is 17.2 Å². The van der Waals surface area contributed by atoms with Gasteiger partial charge in [0.1, 0.15) is 5.82 Å². The molecule has 1 aromatic carbocycles. The van der Waals surface area contributed by atoms with Crippen molar-refractivity contribution in [2.24, 2.45) is 0 Å². The molecule has 164 valence electrons. The van der Waals surface area contributed by atoms with Crippen LogP contribution in [-0.4, -0.2) is 15.9 Å². The molecule has 3 aromatic rings. The van der Waals surface area contributed by atoms with E-state index in [1.165, 1.54) is 19.1 Å². The molecule has 0 saturated heterocycles. The summed E-state index contributed by atoms with van der Waals surface area (Å²) in [5.41, 5.74) is 1.87. The third kappa shape index (κ3) is 4.65. The van der Waals surface area contributed by atoms with E-state index < -0.39 is 23.5 Å². The smallest absolute Gasteiger partial charge is 0.324 e. The fraction of sp³-hybridized carbons (Fsp3) is 0.174. The minimum Gasteiger partial charge on any atom is -0.324 e. The Hall–Kier alpha value is -3.26. The predicted octanol–water partition coefficient (Wildman–Crippen LogP) is 5.93. The van der Waals surface area contributed by atoms with Crippen LogP contribution in [0.15, 0.2) is 47.8 Å². The highest BCUT2D eigenvalue weighted by Gasteiger charge is 2.33. The molecule has 1 aliphatic carbocycles. The normalized spacial score (nSPS) is 13.0. The van der Waals surface area contributed by atoms with E-state index in [-0.39, 0.29) is 23.4 Å². The van der Waals surface area contributed by atoms with Crippen molar-refractivity contribution in [2.45, 2.75) is 25.9 Å². The van der Waals surface area contributed by atoms with Crippen LogP contribution in [0.5, 0.6) is 0 Å². The van der Waals surface area contributed by atoms with Crippen molar-refractivity contribution in [1.82, 2.24) is 9.97 Å². The van der Waals surface area contributed by atoms with Crippen LogP contribution in [0, 0.1) is 12.7 Å². The standard InChI is InChI=1S/C23H16ClF4N3O/c1-12-19(23(26,27)28)9-18(11-29-12)31-22(32)7-14-3-2-13(6-20(14)25)16-4-15-5-17(24)8-21(15)30-10-16/h2-6,9-11H,7-8H2,1H3,(H,31,32). The zero-order valence-corrected chi connectivity index (χ0v) is 17.5. The third-order valence-corrected chi connectivity index (χ3v) is 5.31. The number of aromatic nitrogens is 2. The van der Waals surface area contributed by atoms with Gasteiger partial charge in [0.2, 0.25) is 5.91 Å². The highest BCUT2D eigenvalue weighted by Crippen LogP contribution is 2.33. The lowest BCUT2D eigenvalue weighted by Crippen LogP contribution is -2.17. The lowest BCUT2D eigenvalue weighted by Gasteiger charge is -2.12. The number of nitrogens with one attached hydrogen (secondary N) is 1. The lowest BCUT2D eigenvalue weighted by molar-refractivity contribution is -0.138. The number of alkyl halides is 3. The molecule has 2 heterocycles. The summed E-state index contributed by atoms with van der Waals surface area (Å²) >= 11 is 6.03. The van der Waals surface area contributed by atoms with Gasteiger partial charge in [-0.1, -0.05) is 23.7 Å². The molecule has 0 spiro atoms. The Labute approximate surface area is 186 Å². The summed E-state index contributed by atoms with van der Waals surface area (Å²) in [7, 11) is 0. The van der Waals surface area contributed by atoms with Crippen molar-refractivity contribution in [1.29, 1.82) is 0 Å². The Morgan fingerprint density at radius 2 is 1.91 bits per heavy atom. The van der Waals surface area contributed by atoms with Crippen LogP contribution in [0.1, 0.15) is 28.1 Å². The molecule has 0 saturated carbocycles. The van der Waals surface area contributed by atoms with E-state index in [0.717, 1.165) is 23.5 Å². The van der Waals surface area contributed by atoms with Gasteiger partial charge in [-0.2, -0.15) is 13.2 Å². The van der Waals surface area contributed by atoms with Crippen LogP contribution in [0.4, 0.5) is 23.2 Å². The maximum atomic E-state index is 14.6. The summed E-state index contributed by atoms with van der Waals surface area (Å²) in [4.78, 5) is 20.3. The number of fused-ring (bicyclic) bond motifs is 1. The first kappa shape index (κ1) is 22.0. The van der Waals surface area contributed by atoms with Crippen molar-refractivity contribution >= 4 is 29.3 Å². The van der Waals surface area contributed by atoms with Gasteiger partial charge in [0, 0.05) is 28.9 Å². The summed E-state index contributed by atoms with van der Waals surface area (Å²) < 4.78 is 53.7. The molecule has 0 unspecified atom stereocenters. The fourth-order valence-corrected chi connectivity index (χ4v) is 3.70. The van der Waals surface area contributed by atoms with E-state index in [1.54, 1.807) is 12.3 Å². The molecule has 0 aliphatic heterocycles. The summed E-state index contributed by atoms with van der Waals surface area (Å²) in [5, 5.41) is 3.02. The Kier molecular flexibility index (Phi) is 5.73. The molecule has 0 radical (unpaired) electrons. The van der Waals surface area contributed by atoms with Gasteiger partial charge in [-0.3, -0.25) is 14.8 Å². The monoisotopic (exact) mass is 461 g/mol.